The molecule has 2 aliphatic rings. The number of hydrogen-bond donors (Lipinski definition) is 0. The molecular formula is C16H29ClOSi. The van der Waals surface area contributed by atoms with Gasteiger partial charge < -0.3 is 4.74 Å². The highest BCUT2D eigenvalue weighted by atomic mass is 35.5. The lowest BCUT2D eigenvalue weighted by molar-refractivity contribution is -0.0370. The molecule has 110 valence electrons. The summed E-state index contributed by atoms with van der Waals surface area (Å²) in [6, 6.07) is 0. The summed E-state index contributed by atoms with van der Waals surface area (Å²) in [6.07, 6.45) is 9.52. The molecule has 3 heteroatoms. The van der Waals surface area contributed by atoms with Crippen LogP contribution in [-0.2, 0) is 4.74 Å². The van der Waals surface area contributed by atoms with Gasteiger partial charge in [0.1, 0.15) is 0 Å². The number of rotatable bonds is 3. The van der Waals surface area contributed by atoms with Crippen LogP contribution in [0.3, 0.4) is 0 Å². The predicted molar refractivity (Wildman–Crippen MR) is 86.4 cm³/mol. The fourth-order valence-electron chi connectivity index (χ4n) is 3.65. The van der Waals surface area contributed by atoms with Crippen molar-refractivity contribution in [1.29, 1.82) is 0 Å². The van der Waals surface area contributed by atoms with E-state index >= 15 is 0 Å². The molecule has 1 aliphatic carbocycles. The molecule has 1 heterocycles. The molecule has 1 saturated carbocycles. The molecule has 2 rings (SSSR count). The van der Waals surface area contributed by atoms with Crippen LogP contribution in [0.5, 0.6) is 0 Å². The van der Waals surface area contributed by atoms with Crippen molar-refractivity contribution < 1.29 is 4.74 Å². The summed E-state index contributed by atoms with van der Waals surface area (Å²) in [7, 11) is -1.39. The summed E-state index contributed by atoms with van der Waals surface area (Å²) < 4.78 is 6.48. The first-order chi connectivity index (χ1) is 8.93. The normalized spacial score (nSPS) is 30.8. The Balaban J connectivity index is 2.27. The van der Waals surface area contributed by atoms with E-state index in [-0.39, 0.29) is 0 Å². The number of ether oxygens (including phenoxy) is 1. The van der Waals surface area contributed by atoms with E-state index in [1.54, 1.807) is 0 Å². The van der Waals surface area contributed by atoms with E-state index in [2.05, 4.69) is 26.6 Å². The Morgan fingerprint density at radius 2 is 1.79 bits per heavy atom. The van der Waals surface area contributed by atoms with E-state index in [0.717, 1.165) is 23.8 Å². The highest BCUT2D eigenvalue weighted by molar-refractivity contribution is 6.84. The molecule has 0 radical (unpaired) electrons. The molecule has 0 aromatic rings. The van der Waals surface area contributed by atoms with E-state index in [1.165, 1.54) is 37.3 Å². The molecule has 1 nitrogen and oxygen atoms in total. The first kappa shape index (κ1) is 15.6. The molecule has 0 spiro atoms. The molecule has 0 amide bonds. The van der Waals surface area contributed by atoms with Crippen LogP contribution in [0.15, 0.2) is 10.2 Å². The zero-order valence-electron chi connectivity index (χ0n) is 13.0. The first-order valence-corrected chi connectivity index (χ1v) is 11.9. The zero-order valence-corrected chi connectivity index (χ0v) is 14.7. The van der Waals surface area contributed by atoms with Gasteiger partial charge in [-0.25, -0.2) is 0 Å². The van der Waals surface area contributed by atoms with Gasteiger partial charge in [0.05, 0.1) is 20.3 Å². The Bertz CT molecular complexity index is 339. The minimum Gasteiger partial charge on any atom is -0.370 e. The Morgan fingerprint density at radius 1 is 1.16 bits per heavy atom. The molecule has 0 unspecified atom stereocenters. The standard InChI is InChI=1S/C16H29ClOSi/c1-5-13-11-14(17)16(19(2,3)4)15(18-13)12-9-7-6-8-10-12/h12-13,15H,5-11H2,1-4H3/t13-,15+/m0/s1. The van der Waals surface area contributed by atoms with Crippen molar-refractivity contribution >= 4 is 19.7 Å². The van der Waals surface area contributed by atoms with Crippen LogP contribution in [0.4, 0.5) is 0 Å². The van der Waals surface area contributed by atoms with E-state index in [9.17, 15) is 0 Å². The maximum absolute atomic E-state index is 6.69. The Kier molecular flexibility index (Phi) is 5.19. The van der Waals surface area contributed by atoms with Gasteiger partial charge >= 0.3 is 0 Å². The summed E-state index contributed by atoms with van der Waals surface area (Å²) in [5.74, 6) is 0.721. The maximum atomic E-state index is 6.69. The predicted octanol–water partition coefficient (Wildman–Crippen LogP) is 5.50. The van der Waals surface area contributed by atoms with Crippen molar-refractivity contribution in [2.75, 3.05) is 0 Å². The third kappa shape index (κ3) is 3.65. The van der Waals surface area contributed by atoms with Gasteiger partial charge in [-0.3, -0.25) is 0 Å². The minimum atomic E-state index is -1.39. The van der Waals surface area contributed by atoms with Gasteiger partial charge in [-0.15, -0.1) is 0 Å². The van der Waals surface area contributed by atoms with Crippen LogP contribution in [0.25, 0.3) is 0 Å². The summed E-state index contributed by atoms with van der Waals surface area (Å²) in [5, 5.41) is 2.67. The lowest BCUT2D eigenvalue weighted by atomic mass is 9.84. The van der Waals surface area contributed by atoms with Crippen molar-refractivity contribution in [2.45, 2.75) is 83.7 Å². The second-order valence-corrected chi connectivity index (χ2v) is 12.8. The van der Waals surface area contributed by atoms with Gasteiger partial charge in [-0.05, 0) is 30.4 Å². The number of halogens is 1. The SMILES string of the molecule is CC[C@H]1CC(Cl)=C([Si](C)(C)C)[C@@H](C2CCCCC2)O1. The van der Waals surface area contributed by atoms with Crippen LogP contribution in [0.2, 0.25) is 19.6 Å². The average molecular weight is 301 g/mol. The Hall–Kier alpha value is 0.207. The molecule has 0 N–H and O–H groups in total. The molecule has 1 aliphatic heterocycles. The third-order valence-corrected chi connectivity index (χ3v) is 7.38. The molecule has 1 fully saturated rings. The molecule has 0 aromatic carbocycles. The van der Waals surface area contributed by atoms with Crippen LogP contribution in [-0.4, -0.2) is 20.3 Å². The topological polar surface area (TPSA) is 9.23 Å². The third-order valence-electron chi connectivity index (χ3n) is 4.66. The summed E-state index contributed by atoms with van der Waals surface area (Å²) in [6.45, 7) is 9.45. The summed E-state index contributed by atoms with van der Waals surface area (Å²) in [4.78, 5) is 0. The van der Waals surface area contributed by atoms with Gasteiger partial charge in [0.25, 0.3) is 0 Å². The van der Waals surface area contributed by atoms with Crippen molar-refractivity contribution in [3.63, 3.8) is 0 Å². The van der Waals surface area contributed by atoms with Gasteiger partial charge in [0.15, 0.2) is 0 Å². The fourth-order valence-corrected chi connectivity index (χ4v) is 6.85. The van der Waals surface area contributed by atoms with E-state index < -0.39 is 8.07 Å². The second-order valence-electron chi connectivity index (χ2n) is 7.26. The van der Waals surface area contributed by atoms with Crippen molar-refractivity contribution in [1.82, 2.24) is 0 Å². The quantitative estimate of drug-likeness (QED) is 0.625. The minimum absolute atomic E-state index is 0.332. The Morgan fingerprint density at radius 3 is 2.32 bits per heavy atom. The summed E-state index contributed by atoms with van der Waals surface area (Å²) >= 11 is 6.69. The molecule has 2 atom stereocenters. The number of hydrogen-bond acceptors (Lipinski definition) is 1. The van der Waals surface area contributed by atoms with Gasteiger partial charge in [0.2, 0.25) is 0 Å². The van der Waals surface area contributed by atoms with Crippen LogP contribution in [0.1, 0.15) is 51.9 Å². The molecule has 0 aromatic heterocycles. The van der Waals surface area contributed by atoms with Crippen molar-refractivity contribution in [3.8, 4) is 0 Å². The largest absolute Gasteiger partial charge is 0.370 e. The monoisotopic (exact) mass is 300 g/mol. The van der Waals surface area contributed by atoms with Crippen LogP contribution in [0, 0.1) is 5.92 Å². The van der Waals surface area contributed by atoms with E-state index in [4.69, 9.17) is 16.3 Å². The first-order valence-electron chi connectivity index (χ1n) is 7.98. The van der Waals surface area contributed by atoms with Gasteiger partial charge in [-0.2, -0.15) is 0 Å². The highest BCUT2D eigenvalue weighted by Gasteiger charge is 2.40. The zero-order chi connectivity index (χ0) is 14.0. The van der Waals surface area contributed by atoms with Crippen molar-refractivity contribution in [2.24, 2.45) is 5.92 Å². The lowest BCUT2D eigenvalue weighted by Gasteiger charge is -2.42. The lowest BCUT2D eigenvalue weighted by Crippen LogP contribution is -2.44. The van der Waals surface area contributed by atoms with Gasteiger partial charge in [-0.1, -0.05) is 57.4 Å². The summed E-state index contributed by atoms with van der Waals surface area (Å²) in [5.41, 5.74) is 0. The fraction of sp³-hybridized carbons (Fsp3) is 0.875. The smallest absolute Gasteiger partial charge is 0.0796 e. The molecular weight excluding hydrogens is 272 g/mol. The average Bonchev–Trinajstić information content (AvgIpc) is 2.37. The maximum Gasteiger partial charge on any atom is 0.0796 e. The van der Waals surface area contributed by atoms with Gasteiger partial charge in [0, 0.05) is 11.5 Å². The Labute approximate surface area is 124 Å². The molecule has 0 saturated heterocycles. The molecule has 0 bridgehead atoms. The highest BCUT2D eigenvalue weighted by Crippen LogP contribution is 2.42. The van der Waals surface area contributed by atoms with Crippen LogP contribution >= 0.6 is 11.6 Å². The van der Waals surface area contributed by atoms with Crippen molar-refractivity contribution in [3.05, 3.63) is 10.2 Å². The molecule has 19 heavy (non-hydrogen) atoms. The van der Waals surface area contributed by atoms with E-state index in [1.807, 2.05) is 0 Å². The van der Waals surface area contributed by atoms with Crippen LogP contribution < -0.4 is 0 Å². The van der Waals surface area contributed by atoms with E-state index in [0.29, 0.717) is 12.2 Å². The second kappa shape index (κ2) is 6.32.